The van der Waals surface area contributed by atoms with Gasteiger partial charge in [-0.3, -0.25) is 0 Å². The van der Waals surface area contributed by atoms with Crippen LogP contribution in [-0.4, -0.2) is 28.8 Å². The van der Waals surface area contributed by atoms with Crippen molar-refractivity contribution >= 4 is 11.9 Å². The number of carboxylic acids is 2. The Hall–Kier alpha value is -1.52. The van der Waals surface area contributed by atoms with Crippen molar-refractivity contribution in [1.82, 2.24) is 0 Å². The zero-order valence-electron chi connectivity index (χ0n) is 7.53. The lowest BCUT2D eigenvalue weighted by Gasteiger charge is -2.06. The number of hydrogen-bond acceptors (Lipinski definition) is 3. The molecule has 0 atom stereocenters. The fourth-order valence-corrected chi connectivity index (χ4v) is 0.632. The molecule has 0 aromatic rings. The molecule has 0 unspecified atom stereocenters. The minimum atomic E-state index is -1.35. The smallest absolute Gasteiger partial charge is 0.371 e. The summed E-state index contributed by atoms with van der Waals surface area (Å²) in [5.41, 5.74) is -0.291. The van der Waals surface area contributed by atoms with Crippen LogP contribution in [0.2, 0.25) is 0 Å². The lowest BCUT2D eigenvalue weighted by molar-refractivity contribution is -0.139. The first-order chi connectivity index (χ1) is 6.00. The number of aliphatic carboxylic acids is 2. The van der Waals surface area contributed by atoms with Gasteiger partial charge in [-0.1, -0.05) is 6.92 Å². The van der Waals surface area contributed by atoms with Crippen molar-refractivity contribution in [3.8, 4) is 0 Å². The summed E-state index contributed by atoms with van der Waals surface area (Å²) in [7, 11) is 0. The molecule has 0 bridgehead atoms. The van der Waals surface area contributed by atoms with E-state index in [1.54, 1.807) is 6.92 Å². The predicted octanol–water partition coefficient (Wildman–Crippen LogP) is 0.856. The molecule has 74 valence electrons. The van der Waals surface area contributed by atoms with E-state index in [1.165, 1.54) is 6.92 Å². The highest BCUT2D eigenvalue weighted by Gasteiger charge is 2.17. The average Bonchev–Trinajstić information content (AvgIpc) is 2.04. The number of carboxylic acid groups (broad SMARTS) is 2. The van der Waals surface area contributed by atoms with E-state index < -0.39 is 17.7 Å². The molecule has 0 radical (unpaired) electrons. The molecule has 0 spiro atoms. The third-order valence-corrected chi connectivity index (χ3v) is 1.31. The van der Waals surface area contributed by atoms with Gasteiger partial charge in [0.05, 0.1) is 12.2 Å². The van der Waals surface area contributed by atoms with Crippen molar-refractivity contribution in [1.29, 1.82) is 0 Å². The van der Waals surface area contributed by atoms with Crippen molar-refractivity contribution in [3.63, 3.8) is 0 Å². The Labute approximate surface area is 75.6 Å². The monoisotopic (exact) mass is 188 g/mol. The van der Waals surface area contributed by atoms with Crippen LogP contribution < -0.4 is 0 Å². The summed E-state index contributed by atoms with van der Waals surface area (Å²) in [4.78, 5) is 20.9. The largest absolute Gasteiger partial charge is 0.486 e. The molecule has 0 saturated heterocycles. The average molecular weight is 188 g/mol. The Kier molecular flexibility index (Phi) is 4.58. The quantitative estimate of drug-likeness (QED) is 0.493. The highest BCUT2D eigenvalue weighted by Crippen LogP contribution is 2.07. The Bertz CT molecular complexity index is 241. The highest BCUT2D eigenvalue weighted by molar-refractivity contribution is 5.96. The van der Waals surface area contributed by atoms with Gasteiger partial charge < -0.3 is 14.9 Å². The van der Waals surface area contributed by atoms with Gasteiger partial charge in [0.1, 0.15) is 0 Å². The molecule has 0 heterocycles. The van der Waals surface area contributed by atoms with E-state index in [0.29, 0.717) is 6.42 Å². The molecular weight excluding hydrogens is 176 g/mol. The van der Waals surface area contributed by atoms with Crippen molar-refractivity contribution in [2.24, 2.45) is 0 Å². The maximum atomic E-state index is 10.5. The Morgan fingerprint density at radius 2 is 1.77 bits per heavy atom. The molecule has 0 aliphatic heterocycles. The standard InChI is InChI=1S/C8H12O5/c1-3-4-13-6(8(11)12)5(2)7(9)10/h3-4H2,1-2H3,(H,9,10)(H,11,12)/b6-5+. The fourth-order valence-electron chi connectivity index (χ4n) is 0.632. The first kappa shape index (κ1) is 11.5. The SMILES string of the molecule is CCCO/C(C(=O)O)=C(\C)C(=O)O. The van der Waals surface area contributed by atoms with Crippen LogP contribution in [0, 0.1) is 0 Å². The van der Waals surface area contributed by atoms with Gasteiger partial charge >= 0.3 is 11.9 Å². The van der Waals surface area contributed by atoms with Crippen LogP contribution in [0.4, 0.5) is 0 Å². The molecule has 0 fully saturated rings. The number of ether oxygens (including phenoxy) is 1. The summed E-state index contributed by atoms with van der Waals surface area (Å²) in [5, 5.41) is 17.1. The lowest BCUT2D eigenvalue weighted by Crippen LogP contribution is -2.12. The maximum Gasteiger partial charge on any atom is 0.371 e. The van der Waals surface area contributed by atoms with Crippen LogP contribution in [0.1, 0.15) is 20.3 Å². The molecule has 2 N–H and O–H groups in total. The zero-order chi connectivity index (χ0) is 10.4. The molecule has 0 aromatic carbocycles. The van der Waals surface area contributed by atoms with Crippen molar-refractivity contribution in [3.05, 3.63) is 11.3 Å². The van der Waals surface area contributed by atoms with Crippen molar-refractivity contribution in [2.45, 2.75) is 20.3 Å². The molecule has 0 aromatic heterocycles. The highest BCUT2D eigenvalue weighted by atomic mass is 16.5. The second kappa shape index (κ2) is 5.18. The summed E-state index contributed by atoms with van der Waals surface area (Å²) in [6.07, 6.45) is 0.629. The molecule has 0 aliphatic carbocycles. The molecule has 13 heavy (non-hydrogen) atoms. The molecule has 5 heteroatoms. The molecule has 5 nitrogen and oxygen atoms in total. The van der Waals surface area contributed by atoms with Gasteiger partial charge in [0, 0.05) is 0 Å². The van der Waals surface area contributed by atoms with E-state index in [4.69, 9.17) is 14.9 Å². The van der Waals surface area contributed by atoms with E-state index in [9.17, 15) is 9.59 Å². The van der Waals surface area contributed by atoms with Crippen LogP contribution >= 0.6 is 0 Å². The van der Waals surface area contributed by atoms with E-state index in [-0.39, 0.29) is 12.2 Å². The van der Waals surface area contributed by atoms with Crippen LogP contribution in [0.25, 0.3) is 0 Å². The van der Waals surface area contributed by atoms with Gasteiger partial charge in [-0.15, -0.1) is 0 Å². The molecular formula is C8H12O5. The van der Waals surface area contributed by atoms with E-state index >= 15 is 0 Å². The molecule has 0 amide bonds. The van der Waals surface area contributed by atoms with E-state index in [0.717, 1.165) is 0 Å². The van der Waals surface area contributed by atoms with Crippen LogP contribution in [-0.2, 0) is 14.3 Å². The third kappa shape index (κ3) is 3.59. The van der Waals surface area contributed by atoms with Gasteiger partial charge in [0.15, 0.2) is 0 Å². The number of rotatable bonds is 5. The van der Waals surface area contributed by atoms with Gasteiger partial charge in [0.2, 0.25) is 5.76 Å². The zero-order valence-corrected chi connectivity index (χ0v) is 7.53. The summed E-state index contributed by atoms with van der Waals surface area (Å²) >= 11 is 0. The number of hydrogen-bond donors (Lipinski definition) is 2. The van der Waals surface area contributed by atoms with E-state index in [2.05, 4.69) is 0 Å². The summed E-state index contributed by atoms with van der Waals surface area (Å²) in [5.74, 6) is -3.13. The van der Waals surface area contributed by atoms with Crippen LogP contribution in [0.15, 0.2) is 11.3 Å². The second-order valence-corrected chi connectivity index (χ2v) is 2.41. The van der Waals surface area contributed by atoms with E-state index in [1.807, 2.05) is 0 Å². The summed E-state index contributed by atoms with van der Waals surface area (Å²) in [6.45, 7) is 3.20. The molecule has 0 aliphatic rings. The summed E-state index contributed by atoms with van der Waals surface area (Å²) < 4.78 is 4.78. The minimum absolute atomic E-state index is 0.201. The van der Waals surface area contributed by atoms with Gasteiger partial charge in [0.25, 0.3) is 0 Å². The van der Waals surface area contributed by atoms with Gasteiger partial charge in [-0.05, 0) is 13.3 Å². The van der Waals surface area contributed by atoms with Gasteiger partial charge in [-0.25, -0.2) is 9.59 Å². The normalized spacial score (nSPS) is 11.8. The predicted molar refractivity (Wildman–Crippen MR) is 44.2 cm³/mol. The topological polar surface area (TPSA) is 83.8 Å². The van der Waals surface area contributed by atoms with Crippen LogP contribution in [0.5, 0.6) is 0 Å². The maximum absolute atomic E-state index is 10.5. The molecule has 0 rings (SSSR count). The fraction of sp³-hybridized carbons (Fsp3) is 0.500. The summed E-state index contributed by atoms with van der Waals surface area (Å²) in [6, 6.07) is 0. The molecule has 0 saturated carbocycles. The van der Waals surface area contributed by atoms with Gasteiger partial charge in [-0.2, -0.15) is 0 Å². The minimum Gasteiger partial charge on any atom is -0.486 e. The lowest BCUT2D eigenvalue weighted by atomic mass is 10.2. The first-order valence-corrected chi connectivity index (χ1v) is 3.81. The third-order valence-electron chi connectivity index (χ3n) is 1.31. The first-order valence-electron chi connectivity index (χ1n) is 3.81. The second-order valence-electron chi connectivity index (χ2n) is 2.41. The van der Waals surface area contributed by atoms with Crippen molar-refractivity contribution < 1.29 is 24.5 Å². The Morgan fingerprint density at radius 1 is 1.23 bits per heavy atom. The number of carbonyl (C=O) groups is 2. The van der Waals surface area contributed by atoms with Crippen LogP contribution in [0.3, 0.4) is 0 Å². The van der Waals surface area contributed by atoms with Crippen molar-refractivity contribution in [2.75, 3.05) is 6.61 Å². The Balaban J connectivity index is 4.67. The Morgan fingerprint density at radius 3 is 2.08 bits per heavy atom.